The molecule has 0 fully saturated rings. The van der Waals surface area contributed by atoms with Gasteiger partial charge in [-0.05, 0) is 12.1 Å². The molecule has 0 saturated heterocycles. The van der Waals surface area contributed by atoms with Crippen LogP contribution < -0.4 is 15.6 Å². The van der Waals surface area contributed by atoms with Gasteiger partial charge in [0, 0.05) is 34.7 Å². The van der Waals surface area contributed by atoms with E-state index in [4.69, 9.17) is 13.6 Å². The topological polar surface area (TPSA) is 107 Å². The zero-order chi connectivity index (χ0) is 23.4. The van der Waals surface area contributed by atoms with Crippen molar-refractivity contribution in [2.24, 2.45) is 0 Å². The summed E-state index contributed by atoms with van der Waals surface area (Å²) in [6, 6.07) is 18.4. The Morgan fingerprint density at radius 1 is 0.912 bits per heavy atom. The van der Waals surface area contributed by atoms with Crippen molar-refractivity contribution in [3.05, 3.63) is 105 Å². The number of phenols is 1. The minimum atomic E-state index is -0.797. The molecule has 3 heterocycles. The van der Waals surface area contributed by atoms with Crippen LogP contribution in [0.1, 0.15) is 23.5 Å². The van der Waals surface area contributed by atoms with E-state index in [-0.39, 0.29) is 45.6 Å². The second-order valence-electron chi connectivity index (χ2n) is 8.10. The number of benzene rings is 3. The number of fused-ring (bicyclic) bond motifs is 4. The van der Waals surface area contributed by atoms with Crippen molar-refractivity contribution < 1.29 is 23.5 Å². The molecule has 1 aliphatic rings. The van der Waals surface area contributed by atoms with E-state index in [1.54, 1.807) is 36.4 Å². The first kappa shape index (κ1) is 20.0. The molecular formula is C27H16O7. The largest absolute Gasteiger partial charge is 0.507 e. The Labute approximate surface area is 191 Å². The van der Waals surface area contributed by atoms with E-state index < -0.39 is 17.3 Å². The van der Waals surface area contributed by atoms with E-state index in [0.29, 0.717) is 22.1 Å². The van der Waals surface area contributed by atoms with Crippen LogP contribution in [0.3, 0.4) is 0 Å². The van der Waals surface area contributed by atoms with E-state index in [1.165, 1.54) is 18.4 Å². The molecular weight excluding hydrogens is 436 g/mol. The Balaban J connectivity index is 1.68. The van der Waals surface area contributed by atoms with Crippen LogP contribution in [-0.4, -0.2) is 11.1 Å². The number of carbonyl (C=O) groups excluding carboxylic acids is 1. The summed E-state index contributed by atoms with van der Waals surface area (Å²) in [5.74, 6) is -1.43. The number of esters is 1. The first-order chi connectivity index (χ1) is 16.5. The van der Waals surface area contributed by atoms with Gasteiger partial charge in [0.15, 0.2) is 10.9 Å². The summed E-state index contributed by atoms with van der Waals surface area (Å²) < 4.78 is 17.2. The third-order valence-electron chi connectivity index (χ3n) is 6.07. The van der Waals surface area contributed by atoms with Gasteiger partial charge >= 0.3 is 5.97 Å². The maximum Gasteiger partial charge on any atom is 0.312 e. The predicted octanol–water partition coefficient (Wildman–Crippen LogP) is 4.71. The maximum absolute atomic E-state index is 13.3. The summed E-state index contributed by atoms with van der Waals surface area (Å²) in [6.07, 6.45) is 1.17. The van der Waals surface area contributed by atoms with Gasteiger partial charge < -0.3 is 18.7 Å². The monoisotopic (exact) mass is 452 g/mol. The fraction of sp³-hybridized carbons (Fsp3) is 0.0741. The van der Waals surface area contributed by atoms with Gasteiger partial charge in [0.2, 0.25) is 0 Å². The summed E-state index contributed by atoms with van der Waals surface area (Å²) in [5, 5.41) is 10.9. The van der Waals surface area contributed by atoms with Gasteiger partial charge in [-0.1, -0.05) is 42.5 Å². The average Bonchev–Trinajstić information content (AvgIpc) is 2.84. The van der Waals surface area contributed by atoms with E-state index >= 15 is 0 Å². The molecule has 7 heteroatoms. The van der Waals surface area contributed by atoms with Crippen LogP contribution in [0.15, 0.2) is 91.4 Å². The molecule has 34 heavy (non-hydrogen) atoms. The van der Waals surface area contributed by atoms with Crippen molar-refractivity contribution >= 4 is 27.9 Å². The number of phenolic OH excluding ortho intramolecular Hbond substituents is 1. The molecule has 2 aromatic heterocycles. The molecule has 0 spiro atoms. The Hall–Kier alpha value is -4.65. The zero-order valence-electron chi connectivity index (χ0n) is 17.6. The second-order valence-corrected chi connectivity index (χ2v) is 8.10. The molecule has 7 nitrogen and oxygen atoms in total. The van der Waals surface area contributed by atoms with Crippen LogP contribution in [0.4, 0.5) is 0 Å². The lowest BCUT2D eigenvalue weighted by Crippen LogP contribution is -2.25. The smallest absolute Gasteiger partial charge is 0.312 e. The molecule has 5 aromatic rings. The molecule has 0 bridgehead atoms. The highest BCUT2D eigenvalue weighted by molar-refractivity contribution is 5.93. The van der Waals surface area contributed by atoms with Gasteiger partial charge in [0.1, 0.15) is 33.8 Å². The van der Waals surface area contributed by atoms with E-state index in [2.05, 4.69) is 0 Å². The lowest BCUT2D eigenvalue weighted by Gasteiger charge is -2.25. The first-order valence-electron chi connectivity index (χ1n) is 10.6. The van der Waals surface area contributed by atoms with Crippen LogP contribution in [0.2, 0.25) is 0 Å². The standard InChI is InChI=1S/C27H16O7/c28-18-11-21(14-6-2-1-3-7-14)34-27-24-16(10-23(30)33-22(24)12-19(29)25(18)27)17-13-32-20-9-5-4-8-15(20)26(17)31/h1-9,11-13,16,29H,10H2/t16-/m0/s1. The van der Waals surface area contributed by atoms with Crippen molar-refractivity contribution in [1.29, 1.82) is 0 Å². The van der Waals surface area contributed by atoms with Gasteiger partial charge in [-0.3, -0.25) is 14.4 Å². The Kier molecular flexibility index (Phi) is 4.38. The molecule has 1 aliphatic heterocycles. The molecule has 0 unspecified atom stereocenters. The van der Waals surface area contributed by atoms with Crippen molar-refractivity contribution in [2.45, 2.75) is 12.3 Å². The van der Waals surface area contributed by atoms with Gasteiger partial charge in [-0.25, -0.2) is 0 Å². The average molecular weight is 452 g/mol. The maximum atomic E-state index is 13.3. The van der Waals surface area contributed by atoms with Crippen molar-refractivity contribution in [3.63, 3.8) is 0 Å². The highest BCUT2D eigenvalue weighted by Crippen LogP contribution is 2.45. The Morgan fingerprint density at radius 2 is 1.68 bits per heavy atom. The van der Waals surface area contributed by atoms with Crippen molar-refractivity contribution in [1.82, 2.24) is 0 Å². The fourth-order valence-corrected chi connectivity index (χ4v) is 4.50. The highest BCUT2D eigenvalue weighted by Gasteiger charge is 2.35. The number of hydrogen-bond donors (Lipinski definition) is 1. The molecule has 1 atom stereocenters. The van der Waals surface area contributed by atoms with Gasteiger partial charge in [-0.15, -0.1) is 0 Å². The van der Waals surface area contributed by atoms with Crippen LogP contribution in [-0.2, 0) is 4.79 Å². The van der Waals surface area contributed by atoms with Crippen LogP contribution >= 0.6 is 0 Å². The summed E-state index contributed by atoms with van der Waals surface area (Å²) in [6.45, 7) is 0. The Bertz CT molecular complexity index is 1730. The summed E-state index contributed by atoms with van der Waals surface area (Å²) in [7, 11) is 0. The normalized spacial score (nSPS) is 15.3. The summed E-state index contributed by atoms with van der Waals surface area (Å²) in [4.78, 5) is 38.8. The molecule has 0 radical (unpaired) electrons. The molecule has 6 rings (SSSR count). The molecule has 0 amide bonds. The second kappa shape index (κ2) is 7.45. The summed E-state index contributed by atoms with van der Waals surface area (Å²) >= 11 is 0. The van der Waals surface area contributed by atoms with Crippen LogP contribution in [0.5, 0.6) is 11.5 Å². The van der Waals surface area contributed by atoms with E-state index in [1.807, 2.05) is 18.2 Å². The van der Waals surface area contributed by atoms with Crippen molar-refractivity contribution in [2.75, 3.05) is 0 Å². The third kappa shape index (κ3) is 3.02. The molecule has 1 N–H and O–H groups in total. The number of para-hydroxylation sites is 1. The van der Waals surface area contributed by atoms with Crippen molar-refractivity contribution in [3.8, 4) is 22.8 Å². The van der Waals surface area contributed by atoms with Crippen LogP contribution in [0.25, 0.3) is 33.3 Å². The number of rotatable bonds is 2. The molecule has 3 aromatic carbocycles. The van der Waals surface area contributed by atoms with Gasteiger partial charge in [-0.2, -0.15) is 0 Å². The molecule has 166 valence electrons. The number of ether oxygens (including phenoxy) is 1. The number of carbonyl (C=O) groups is 1. The third-order valence-corrected chi connectivity index (χ3v) is 6.07. The van der Waals surface area contributed by atoms with Gasteiger partial charge in [0.05, 0.1) is 18.1 Å². The predicted molar refractivity (Wildman–Crippen MR) is 124 cm³/mol. The SMILES string of the molecule is O=C1C[C@@H](c2coc3ccccc3c2=O)c2c(cc(O)c3c(=O)cc(-c4ccccc4)oc23)O1. The Morgan fingerprint density at radius 3 is 2.50 bits per heavy atom. The number of aromatic hydroxyl groups is 1. The lowest BCUT2D eigenvalue weighted by molar-refractivity contribution is -0.135. The van der Waals surface area contributed by atoms with Gasteiger partial charge in [0.25, 0.3) is 0 Å². The highest BCUT2D eigenvalue weighted by atomic mass is 16.5. The first-order valence-corrected chi connectivity index (χ1v) is 10.6. The molecule has 0 aliphatic carbocycles. The molecule has 0 saturated carbocycles. The lowest BCUT2D eigenvalue weighted by atomic mass is 9.85. The minimum absolute atomic E-state index is 0.0344. The zero-order valence-corrected chi connectivity index (χ0v) is 17.6. The number of hydrogen-bond acceptors (Lipinski definition) is 7. The minimum Gasteiger partial charge on any atom is -0.507 e. The van der Waals surface area contributed by atoms with E-state index in [0.717, 1.165) is 0 Å². The quantitative estimate of drug-likeness (QED) is 0.305. The fourth-order valence-electron chi connectivity index (χ4n) is 4.50. The summed E-state index contributed by atoms with van der Waals surface area (Å²) in [5.41, 5.74) is 0.959. The van der Waals surface area contributed by atoms with E-state index in [9.17, 15) is 19.5 Å². The van der Waals surface area contributed by atoms with Crippen LogP contribution in [0, 0.1) is 0 Å².